The summed E-state index contributed by atoms with van der Waals surface area (Å²) in [6.07, 6.45) is 3.65. The normalized spacial score (nSPS) is 14.2. The van der Waals surface area contributed by atoms with Gasteiger partial charge in [0.05, 0.1) is 18.9 Å². The highest BCUT2D eigenvalue weighted by atomic mass is 31.2. The van der Waals surface area contributed by atoms with E-state index in [0.717, 1.165) is 0 Å². The molecule has 0 N–H and O–H groups in total. The van der Waals surface area contributed by atoms with Gasteiger partial charge in [-0.1, -0.05) is 13.0 Å². The van der Waals surface area contributed by atoms with Crippen LogP contribution in [-0.4, -0.2) is 24.7 Å². The lowest BCUT2D eigenvalue weighted by atomic mass is 10.3. The second kappa shape index (κ2) is 7.77. The van der Waals surface area contributed by atoms with Crippen molar-refractivity contribution in [2.75, 3.05) is 13.2 Å². The van der Waals surface area contributed by atoms with Crippen molar-refractivity contribution >= 4 is 13.4 Å². The first-order valence-electron chi connectivity index (χ1n) is 5.57. The summed E-state index contributed by atoms with van der Waals surface area (Å²) < 4.78 is 22.8. The molecule has 0 aromatic carbocycles. The number of hydrogen-bond acceptors (Lipinski definition) is 4. The van der Waals surface area contributed by atoms with E-state index in [1.54, 1.807) is 19.9 Å². The maximum absolute atomic E-state index is 12.3. The molecule has 0 aliphatic carbocycles. The predicted octanol–water partition coefficient (Wildman–Crippen LogP) is 3.18. The van der Waals surface area contributed by atoms with Gasteiger partial charge in [-0.15, -0.1) is 0 Å². The molecule has 0 radical (unpaired) electrons. The van der Waals surface area contributed by atoms with E-state index in [1.165, 1.54) is 13.0 Å². The molecule has 0 fully saturated rings. The summed E-state index contributed by atoms with van der Waals surface area (Å²) in [6, 6.07) is 0. The predicted molar refractivity (Wildman–Crippen MR) is 64.8 cm³/mol. The van der Waals surface area contributed by atoms with Gasteiger partial charge in [-0.25, -0.2) is 0 Å². The highest BCUT2D eigenvalue weighted by Crippen LogP contribution is 2.54. The molecule has 94 valence electrons. The molecule has 0 saturated carbocycles. The van der Waals surface area contributed by atoms with Gasteiger partial charge in [0.25, 0.3) is 0 Å². The first-order valence-corrected chi connectivity index (χ1v) is 7.18. The quantitative estimate of drug-likeness (QED) is 0.489. The average Bonchev–Trinajstić information content (AvgIpc) is 2.18. The fourth-order valence-electron chi connectivity index (χ4n) is 1.30. The van der Waals surface area contributed by atoms with Crippen LogP contribution in [-0.2, 0) is 18.4 Å². The second-order valence-corrected chi connectivity index (χ2v) is 5.58. The minimum atomic E-state index is -3.12. The molecule has 0 heterocycles. The Labute approximate surface area is 97.6 Å². The maximum atomic E-state index is 12.3. The number of hydrogen-bond donors (Lipinski definition) is 0. The fraction of sp³-hybridized carbons (Fsp3) is 0.727. The summed E-state index contributed by atoms with van der Waals surface area (Å²) >= 11 is 0. The van der Waals surface area contributed by atoms with E-state index in [0.29, 0.717) is 19.6 Å². The average molecular weight is 248 g/mol. The Balaban J connectivity index is 4.84. The lowest BCUT2D eigenvalue weighted by molar-refractivity contribution is -0.112. The highest BCUT2D eigenvalue weighted by molar-refractivity contribution is 7.54. The first kappa shape index (κ1) is 15.6. The largest absolute Gasteiger partial charge is 0.337 e. The zero-order valence-corrected chi connectivity index (χ0v) is 11.3. The molecule has 1 unspecified atom stereocenters. The van der Waals surface area contributed by atoms with Crippen LogP contribution in [0.1, 0.15) is 34.1 Å². The molecule has 0 rings (SSSR count). The number of allylic oxidation sites excluding steroid dienone is 2. The Morgan fingerprint density at radius 3 is 2.06 bits per heavy atom. The van der Waals surface area contributed by atoms with Crippen LogP contribution in [0.2, 0.25) is 0 Å². The second-order valence-electron chi connectivity index (χ2n) is 3.32. The summed E-state index contributed by atoms with van der Waals surface area (Å²) in [6.45, 7) is 7.55. The van der Waals surface area contributed by atoms with Gasteiger partial charge in [0.15, 0.2) is 5.78 Å². The Bertz CT molecular complexity index is 276. The van der Waals surface area contributed by atoms with Crippen LogP contribution in [0.3, 0.4) is 0 Å². The first-order chi connectivity index (χ1) is 7.50. The standard InChI is InChI=1S/C11H21O4P/c1-5-11(9-8-10(4)12)16(13,14-6-2)15-7-3/h8-9,11H,5-7H2,1-4H3/b9-8+. The van der Waals surface area contributed by atoms with Crippen molar-refractivity contribution in [3.05, 3.63) is 12.2 Å². The summed E-state index contributed by atoms with van der Waals surface area (Å²) in [5, 5.41) is 0. The molecule has 4 nitrogen and oxygen atoms in total. The summed E-state index contributed by atoms with van der Waals surface area (Å²) in [4.78, 5) is 10.8. The van der Waals surface area contributed by atoms with Gasteiger partial charge in [0.2, 0.25) is 0 Å². The van der Waals surface area contributed by atoms with E-state index >= 15 is 0 Å². The smallest absolute Gasteiger partial charge is 0.308 e. The number of rotatable bonds is 8. The van der Waals surface area contributed by atoms with Crippen LogP contribution >= 0.6 is 7.60 Å². The summed E-state index contributed by atoms with van der Waals surface area (Å²) in [5.41, 5.74) is -0.351. The zero-order chi connectivity index (χ0) is 12.6. The topological polar surface area (TPSA) is 52.6 Å². The van der Waals surface area contributed by atoms with Crippen LogP contribution in [0, 0.1) is 0 Å². The van der Waals surface area contributed by atoms with E-state index in [4.69, 9.17) is 9.05 Å². The van der Waals surface area contributed by atoms with Crippen LogP contribution in [0.15, 0.2) is 12.2 Å². The Kier molecular flexibility index (Phi) is 7.56. The Morgan fingerprint density at radius 1 is 1.25 bits per heavy atom. The zero-order valence-electron chi connectivity index (χ0n) is 10.4. The summed E-state index contributed by atoms with van der Waals surface area (Å²) in [5.74, 6) is -0.0713. The molecule has 0 amide bonds. The maximum Gasteiger partial charge on any atom is 0.337 e. The third-order valence-electron chi connectivity index (χ3n) is 2.00. The SMILES string of the molecule is CCOP(=O)(OCC)C(/C=C/C(C)=O)CC. The highest BCUT2D eigenvalue weighted by Gasteiger charge is 2.32. The van der Waals surface area contributed by atoms with Crippen LogP contribution in [0.25, 0.3) is 0 Å². The molecule has 0 aliphatic heterocycles. The number of carbonyl (C=O) groups excluding carboxylic acids is 1. The molecule has 0 aromatic rings. The lowest BCUT2D eigenvalue weighted by Crippen LogP contribution is -2.10. The van der Waals surface area contributed by atoms with Crippen molar-refractivity contribution in [3.8, 4) is 0 Å². The summed E-state index contributed by atoms with van der Waals surface area (Å²) in [7, 11) is -3.12. The molecule has 0 aromatic heterocycles. The number of ketones is 1. The van der Waals surface area contributed by atoms with Gasteiger partial charge in [0, 0.05) is 0 Å². The van der Waals surface area contributed by atoms with Crippen molar-refractivity contribution < 1.29 is 18.4 Å². The van der Waals surface area contributed by atoms with E-state index < -0.39 is 7.60 Å². The molecule has 0 bridgehead atoms. The Hall–Kier alpha value is -0.440. The van der Waals surface area contributed by atoms with Crippen molar-refractivity contribution in [1.29, 1.82) is 0 Å². The minimum absolute atomic E-state index is 0.0713. The molecular weight excluding hydrogens is 227 g/mol. The fourth-order valence-corrected chi connectivity index (χ4v) is 3.22. The number of carbonyl (C=O) groups is 1. The third kappa shape index (κ3) is 5.06. The van der Waals surface area contributed by atoms with Gasteiger partial charge < -0.3 is 9.05 Å². The van der Waals surface area contributed by atoms with Crippen molar-refractivity contribution in [3.63, 3.8) is 0 Å². The Morgan fingerprint density at radius 2 is 1.75 bits per heavy atom. The van der Waals surface area contributed by atoms with Gasteiger partial charge >= 0.3 is 7.60 Å². The molecule has 5 heteroatoms. The van der Waals surface area contributed by atoms with Gasteiger partial charge in [0.1, 0.15) is 0 Å². The third-order valence-corrected chi connectivity index (χ3v) is 4.58. The van der Waals surface area contributed by atoms with Crippen LogP contribution in [0.5, 0.6) is 0 Å². The lowest BCUT2D eigenvalue weighted by Gasteiger charge is -2.22. The monoisotopic (exact) mass is 248 g/mol. The molecular formula is C11H21O4P. The van der Waals surface area contributed by atoms with E-state index in [-0.39, 0.29) is 11.4 Å². The molecule has 0 spiro atoms. The van der Waals surface area contributed by atoms with E-state index in [2.05, 4.69) is 0 Å². The van der Waals surface area contributed by atoms with Crippen molar-refractivity contribution in [1.82, 2.24) is 0 Å². The molecule has 0 saturated heterocycles. The van der Waals surface area contributed by atoms with Gasteiger partial charge in [-0.3, -0.25) is 9.36 Å². The van der Waals surface area contributed by atoms with E-state index in [9.17, 15) is 9.36 Å². The van der Waals surface area contributed by atoms with Crippen molar-refractivity contribution in [2.24, 2.45) is 0 Å². The molecule has 1 atom stereocenters. The van der Waals surface area contributed by atoms with Crippen LogP contribution < -0.4 is 0 Å². The van der Waals surface area contributed by atoms with E-state index in [1.807, 2.05) is 6.92 Å². The minimum Gasteiger partial charge on any atom is -0.308 e. The van der Waals surface area contributed by atoms with Crippen molar-refractivity contribution in [2.45, 2.75) is 39.8 Å². The van der Waals surface area contributed by atoms with Gasteiger partial charge in [-0.05, 0) is 33.3 Å². The molecule has 0 aliphatic rings. The van der Waals surface area contributed by atoms with Crippen LogP contribution in [0.4, 0.5) is 0 Å². The molecule has 16 heavy (non-hydrogen) atoms. The van der Waals surface area contributed by atoms with Gasteiger partial charge in [-0.2, -0.15) is 0 Å².